The molecule has 0 radical (unpaired) electrons. The van der Waals surface area contributed by atoms with Gasteiger partial charge in [-0.3, -0.25) is 9.69 Å². The molecule has 0 aliphatic carbocycles. The van der Waals surface area contributed by atoms with Crippen molar-refractivity contribution >= 4 is 24.0 Å². The largest absolute Gasteiger partial charge is 0.329 e. The molecule has 1 saturated heterocycles. The summed E-state index contributed by atoms with van der Waals surface area (Å²) >= 11 is 0. The van der Waals surface area contributed by atoms with Crippen molar-refractivity contribution in [3.05, 3.63) is 30.3 Å². The van der Waals surface area contributed by atoms with Crippen molar-refractivity contribution in [2.45, 2.75) is 45.7 Å². The molecule has 1 heterocycles. The summed E-state index contributed by atoms with van der Waals surface area (Å²) in [5, 5.41) is 0. The van der Waals surface area contributed by atoms with E-state index >= 15 is 0 Å². The van der Waals surface area contributed by atoms with E-state index in [0.29, 0.717) is 25.0 Å². The summed E-state index contributed by atoms with van der Waals surface area (Å²) in [5.74, 6) is 0.726. The van der Waals surface area contributed by atoms with Crippen LogP contribution >= 0.6 is 12.4 Å². The third-order valence-corrected chi connectivity index (χ3v) is 4.63. The van der Waals surface area contributed by atoms with E-state index in [1.165, 1.54) is 6.42 Å². The van der Waals surface area contributed by atoms with Crippen LogP contribution in [0.5, 0.6) is 0 Å². The maximum atomic E-state index is 12.9. The fraction of sp³-hybridized carbons (Fsp3) is 0.611. The molecule has 130 valence electrons. The summed E-state index contributed by atoms with van der Waals surface area (Å²) in [6.07, 6.45) is 2.36. The van der Waals surface area contributed by atoms with Gasteiger partial charge in [-0.05, 0) is 51.3 Å². The molecule has 0 aromatic heterocycles. The zero-order valence-corrected chi connectivity index (χ0v) is 15.3. The number of nitrogens with zero attached hydrogens (tertiary/aromatic N) is 2. The number of carbonyl (C=O) groups is 1. The Hall–Kier alpha value is -1.10. The number of carbonyl (C=O) groups excluding carboxylic acids is 1. The van der Waals surface area contributed by atoms with E-state index in [2.05, 4.69) is 25.7 Å². The summed E-state index contributed by atoms with van der Waals surface area (Å²) < 4.78 is 0. The molecule has 1 aromatic carbocycles. The molecule has 2 N–H and O–H groups in total. The van der Waals surface area contributed by atoms with Crippen molar-refractivity contribution < 1.29 is 4.79 Å². The van der Waals surface area contributed by atoms with Crippen molar-refractivity contribution in [2.24, 2.45) is 11.7 Å². The molecule has 5 heteroatoms. The topological polar surface area (TPSA) is 49.6 Å². The van der Waals surface area contributed by atoms with Crippen LogP contribution in [0.4, 0.5) is 5.69 Å². The highest BCUT2D eigenvalue weighted by atomic mass is 35.5. The molecule has 1 fully saturated rings. The van der Waals surface area contributed by atoms with E-state index in [9.17, 15) is 4.79 Å². The normalized spacial score (nSPS) is 21.8. The lowest BCUT2D eigenvalue weighted by molar-refractivity contribution is -0.121. The van der Waals surface area contributed by atoms with Crippen LogP contribution in [0.15, 0.2) is 30.3 Å². The molecule has 1 aromatic rings. The molecule has 1 aliphatic heterocycles. The molecule has 0 bridgehead atoms. The third-order valence-electron chi connectivity index (χ3n) is 4.63. The second-order valence-corrected chi connectivity index (χ2v) is 6.59. The highest BCUT2D eigenvalue weighted by Gasteiger charge is 2.30. The smallest absolute Gasteiger partial charge is 0.241 e. The van der Waals surface area contributed by atoms with Crippen LogP contribution in [-0.2, 0) is 4.79 Å². The monoisotopic (exact) mass is 339 g/mol. The number of para-hydroxylation sites is 1. The molecular formula is C18H30ClN3O. The highest BCUT2D eigenvalue weighted by molar-refractivity contribution is 5.95. The Bertz CT molecular complexity index is 480. The van der Waals surface area contributed by atoms with Gasteiger partial charge in [-0.2, -0.15) is 0 Å². The van der Waals surface area contributed by atoms with E-state index < -0.39 is 0 Å². The summed E-state index contributed by atoms with van der Waals surface area (Å²) in [6, 6.07) is 10.4. The molecule has 4 nitrogen and oxygen atoms in total. The first kappa shape index (κ1) is 19.9. The highest BCUT2D eigenvalue weighted by Crippen LogP contribution is 2.23. The van der Waals surface area contributed by atoms with Gasteiger partial charge in [0, 0.05) is 24.3 Å². The minimum Gasteiger partial charge on any atom is -0.329 e. The molecule has 2 unspecified atom stereocenters. The van der Waals surface area contributed by atoms with Gasteiger partial charge >= 0.3 is 0 Å². The van der Waals surface area contributed by atoms with E-state index in [1.54, 1.807) is 0 Å². The zero-order chi connectivity index (χ0) is 16.1. The predicted octanol–water partition coefficient (Wildman–Crippen LogP) is 2.91. The van der Waals surface area contributed by atoms with Crippen LogP contribution in [0.3, 0.4) is 0 Å². The lowest BCUT2D eigenvalue weighted by Gasteiger charge is -2.40. The maximum absolute atomic E-state index is 12.9. The van der Waals surface area contributed by atoms with E-state index in [0.717, 1.165) is 18.7 Å². The lowest BCUT2D eigenvalue weighted by atomic mass is 9.91. The first-order valence-corrected chi connectivity index (χ1v) is 8.35. The van der Waals surface area contributed by atoms with Crippen molar-refractivity contribution in [2.75, 3.05) is 24.5 Å². The van der Waals surface area contributed by atoms with Gasteiger partial charge in [-0.25, -0.2) is 0 Å². The molecule has 23 heavy (non-hydrogen) atoms. The Morgan fingerprint density at radius 2 is 2.00 bits per heavy atom. The molecule has 1 aliphatic rings. The number of piperidine rings is 1. The van der Waals surface area contributed by atoms with Crippen molar-refractivity contribution in [3.63, 3.8) is 0 Å². The van der Waals surface area contributed by atoms with Crippen LogP contribution in [0, 0.1) is 5.92 Å². The van der Waals surface area contributed by atoms with Crippen LogP contribution in [0.2, 0.25) is 0 Å². The summed E-state index contributed by atoms with van der Waals surface area (Å²) in [4.78, 5) is 17.0. The number of anilines is 1. The first-order valence-electron chi connectivity index (χ1n) is 8.35. The number of rotatable bonds is 5. The zero-order valence-electron chi connectivity index (χ0n) is 14.4. The molecule has 2 atom stereocenters. The van der Waals surface area contributed by atoms with Gasteiger partial charge in [0.15, 0.2) is 0 Å². The van der Waals surface area contributed by atoms with Crippen molar-refractivity contribution in [1.82, 2.24) is 4.90 Å². The van der Waals surface area contributed by atoms with E-state index in [4.69, 9.17) is 5.73 Å². The number of halogens is 1. The Morgan fingerprint density at radius 3 is 2.57 bits per heavy atom. The van der Waals surface area contributed by atoms with Crippen LogP contribution < -0.4 is 10.6 Å². The van der Waals surface area contributed by atoms with Gasteiger partial charge in [0.05, 0.1) is 6.54 Å². The first-order chi connectivity index (χ1) is 10.5. The van der Waals surface area contributed by atoms with Gasteiger partial charge in [-0.1, -0.05) is 25.1 Å². The second-order valence-electron chi connectivity index (χ2n) is 6.59. The van der Waals surface area contributed by atoms with Crippen molar-refractivity contribution in [3.8, 4) is 0 Å². The lowest BCUT2D eigenvalue weighted by Crippen LogP contribution is -2.53. The maximum Gasteiger partial charge on any atom is 0.241 e. The molecule has 2 rings (SSSR count). The van der Waals surface area contributed by atoms with Gasteiger partial charge in [0.1, 0.15) is 0 Å². The van der Waals surface area contributed by atoms with Gasteiger partial charge < -0.3 is 10.6 Å². The number of hydrogen-bond donors (Lipinski definition) is 1. The van der Waals surface area contributed by atoms with Gasteiger partial charge in [-0.15, -0.1) is 12.4 Å². The van der Waals surface area contributed by atoms with Gasteiger partial charge in [0.2, 0.25) is 5.91 Å². The minimum absolute atomic E-state index is 0. The summed E-state index contributed by atoms with van der Waals surface area (Å²) in [6.45, 7) is 8.42. The summed E-state index contributed by atoms with van der Waals surface area (Å²) in [7, 11) is 0. The van der Waals surface area contributed by atoms with Crippen LogP contribution in [-0.4, -0.2) is 42.5 Å². The fourth-order valence-electron chi connectivity index (χ4n) is 3.48. The molecule has 0 saturated carbocycles. The number of amides is 1. The van der Waals surface area contributed by atoms with E-state index in [1.807, 2.05) is 35.2 Å². The predicted molar refractivity (Wildman–Crippen MR) is 99.1 cm³/mol. The average molecular weight is 340 g/mol. The van der Waals surface area contributed by atoms with Gasteiger partial charge in [0.25, 0.3) is 0 Å². The number of benzene rings is 1. The van der Waals surface area contributed by atoms with Crippen LogP contribution in [0.25, 0.3) is 0 Å². The molecule has 1 amide bonds. The number of likely N-dealkylation sites (tertiary alicyclic amines) is 1. The fourth-order valence-corrected chi connectivity index (χ4v) is 3.48. The Morgan fingerprint density at radius 1 is 1.35 bits per heavy atom. The quantitative estimate of drug-likeness (QED) is 0.897. The number of hydrogen-bond acceptors (Lipinski definition) is 3. The summed E-state index contributed by atoms with van der Waals surface area (Å²) in [5.41, 5.74) is 6.91. The van der Waals surface area contributed by atoms with Crippen LogP contribution in [0.1, 0.15) is 33.6 Å². The third kappa shape index (κ3) is 4.93. The number of nitrogens with two attached hydrogens (primary N) is 1. The molecule has 0 spiro atoms. The molecular weight excluding hydrogens is 310 g/mol. The van der Waals surface area contributed by atoms with Crippen molar-refractivity contribution in [1.29, 1.82) is 0 Å². The Kier molecular flexibility index (Phi) is 8.03. The SMILES string of the molecule is CC1CCCN(CC(=O)N(c2ccccc2)C(C)C)C1CN.Cl. The Labute approximate surface area is 146 Å². The van der Waals surface area contributed by atoms with E-state index in [-0.39, 0.29) is 24.4 Å². The Balaban J connectivity index is 0.00000264. The minimum atomic E-state index is 0. The second kappa shape index (κ2) is 9.26. The standard InChI is InChI=1S/C18H29N3O.ClH/c1-14(2)21(16-9-5-4-6-10-16)18(22)13-20-11-7-8-15(3)17(20)12-19;/h4-6,9-10,14-15,17H,7-8,11-13,19H2,1-3H3;1H. The average Bonchev–Trinajstić information content (AvgIpc) is 2.48.